The lowest BCUT2D eigenvalue weighted by Crippen LogP contribution is -2.48. The summed E-state index contributed by atoms with van der Waals surface area (Å²) < 4.78 is 7.48. The molecular weight excluding hydrogens is 424 g/mol. The van der Waals surface area contributed by atoms with Gasteiger partial charge in [0.25, 0.3) is 0 Å². The third kappa shape index (κ3) is 4.43. The highest BCUT2D eigenvalue weighted by atomic mass is 16.5. The van der Waals surface area contributed by atoms with Crippen molar-refractivity contribution in [3.8, 4) is 16.9 Å². The molecule has 0 unspecified atom stereocenters. The molecule has 0 aliphatic carbocycles. The van der Waals surface area contributed by atoms with E-state index in [4.69, 9.17) is 4.74 Å². The van der Waals surface area contributed by atoms with Gasteiger partial charge in [0, 0.05) is 55.6 Å². The molecule has 7 nitrogen and oxygen atoms in total. The molecule has 1 N–H and O–H groups in total. The molecule has 4 aromatic rings. The number of anilines is 2. The van der Waals surface area contributed by atoms with Crippen molar-refractivity contribution in [3.63, 3.8) is 0 Å². The number of pyridine rings is 1. The van der Waals surface area contributed by atoms with Crippen molar-refractivity contribution < 1.29 is 4.74 Å². The molecule has 2 aromatic carbocycles. The maximum Gasteiger partial charge on any atom is 0.170 e. The van der Waals surface area contributed by atoms with Crippen LogP contribution in [0.3, 0.4) is 0 Å². The van der Waals surface area contributed by atoms with E-state index >= 15 is 0 Å². The smallest absolute Gasteiger partial charge is 0.170 e. The zero-order valence-electron chi connectivity index (χ0n) is 20.1. The van der Waals surface area contributed by atoms with Gasteiger partial charge < -0.3 is 15.0 Å². The van der Waals surface area contributed by atoms with Crippen LogP contribution in [0.4, 0.5) is 11.5 Å². The van der Waals surface area contributed by atoms with Gasteiger partial charge in [-0.05, 0) is 49.7 Å². The number of nitrogens with zero attached hydrogens (tertiary/aromatic N) is 5. The second-order valence-electron chi connectivity index (χ2n) is 8.99. The Kier molecular flexibility index (Phi) is 6.36. The van der Waals surface area contributed by atoms with E-state index in [1.807, 2.05) is 22.6 Å². The molecule has 5 rings (SSSR count). The number of methoxy groups -OCH3 is 1. The Bertz CT molecular complexity index is 1240. The Morgan fingerprint density at radius 3 is 2.44 bits per heavy atom. The summed E-state index contributed by atoms with van der Waals surface area (Å²) in [6.45, 7) is 9.56. The van der Waals surface area contributed by atoms with Crippen molar-refractivity contribution >= 4 is 17.2 Å². The Morgan fingerprint density at radius 1 is 0.941 bits per heavy atom. The quantitative estimate of drug-likeness (QED) is 0.440. The summed E-state index contributed by atoms with van der Waals surface area (Å²) in [6.07, 6.45) is 1.76. The molecular formula is C27H32N6O. The number of hydrogen-bond donors (Lipinski definition) is 1. The molecule has 34 heavy (non-hydrogen) atoms. The molecule has 0 spiro atoms. The summed E-state index contributed by atoms with van der Waals surface area (Å²) in [4.78, 5) is 5.01. The number of para-hydroxylation sites is 1. The second-order valence-corrected chi connectivity index (χ2v) is 8.99. The van der Waals surface area contributed by atoms with Gasteiger partial charge in [0.2, 0.25) is 0 Å². The lowest BCUT2D eigenvalue weighted by Gasteiger charge is -2.38. The Morgan fingerprint density at radius 2 is 1.71 bits per heavy atom. The molecule has 0 radical (unpaired) electrons. The van der Waals surface area contributed by atoms with Crippen molar-refractivity contribution in [1.29, 1.82) is 0 Å². The van der Waals surface area contributed by atoms with E-state index in [1.54, 1.807) is 13.4 Å². The van der Waals surface area contributed by atoms with Crippen LogP contribution in [0, 0.1) is 0 Å². The average molecular weight is 457 g/mol. The van der Waals surface area contributed by atoms with Gasteiger partial charge in [-0.15, -0.1) is 10.2 Å². The zero-order valence-corrected chi connectivity index (χ0v) is 20.1. The first-order valence-corrected chi connectivity index (χ1v) is 11.9. The Balaban J connectivity index is 1.33. The summed E-state index contributed by atoms with van der Waals surface area (Å²) in [5, 5.41) is 12.1. The van der Waals surface area contributed by atoms with E-state index < -0.39 is 0 Å². The normalized spacial score (nSPS) is 14.6. The largest absolute Gasteiger partial charge is 0.496 e. The summed E-state index contributed by atoms with van der Waals surface area (Å²) >= 11 is 0. The van der Waals surface area contributed by atoms with Gasteiger partial charge in [0.15, 0.2) is 5.65 Å². The van der Waals surface area contributed by atoms with E-state index in [-0.39, 0.29) is 0 Å². The fourth-order valence-corrected chi connectivity index (χ4v) is 4.66. The number of fused-ring (bicyclic) bond motifs is 1. The first-order chi connectivity index (χ1) is 16.6. The summed E-state index contributed by atoms with van der Waals surface area (Å²) in [7, 11) is 1.70. The number of rotatable bonds is 7. The van der Waals surface area contributed by atoms with E-state index in [1.165, 1.54) is 5.69 Å². The minimum atomic E-state index is 0.613. The van der Waals surface area contributed by atoms with Crippen LogP contribution in [0.2, 0.25) is 0 Å². The van der Waals surface area contributed by atoms with Crippen molar-refractivity contribution in [1.82, 2.24) is 19.5 Å². The van der Waals surface area contributed by atoms with Crippen LogP contribution < -0.4 is 15.0 Å². The molecule has 1 fully saturated rings. The molecule has 0 atom stereocenters. The van der Waals surface area contributed by atoms with E-state index in [0.717, 1.165) is 60.1 Å². The number of hydrogen-bond acceptors (Lipinski definition) is 6. The predicted octanol–water partition coefficient (Wildman–Crippen LogP) is 4.55. The molecule has 2 aromatic heterocycles. The summed E-state index contributed by atoms with van der Waals surface area (Å²) in [5.41, 5.74) is 5.42. The van der Waals surface area contributed by atoms with E-state index in [2.05, 4.69) is 81.6 Å². The molecule has 0 saturated carbocycles. The van der Waals surface area contributed by atoms with Gasteiger partial charge in [0.05, 0.1) is 7.11 Å². The van der Waals surface area contributed by atoms with Gasteiger partial charge in [-0.25, -0.2) is 0 Å². The van der Waals surface area contributed by atoms with Crippen LogP contribution in [0.25, 0.3) is 16.8 Å². The number of nitrogens with one attached hydrogen (secondary N) is 1. The van der Waals surface area contributed by atoms with Crippen LogP contribution in [0.5, 0.6) is 5.75 Å². The van der Waals surface area contributed by atoms with Crippen LogP contribution in [-0.4, -0.2) is 58.8 Å². The number of aromatic nitrogens is 3. The standard InChI is InChI=1S/C27H32N6O/c1-20(2)31-14-16-32(17-15-31)23-10-8-21(9-11-23)24-12-13-26(33-19-29-30-27(24)33)28-18-22-6-4-5-7-25(22)34-3/h4-13,19-20,28H,14-18H2,1-3H3. The second kappa shape index (κ2) is 9.73. The lowest BCUT2D eigenvalue weighted by atomic mass is 10.1. The lowest BCUT2D eigenvalue weighted by molar-refractivity contribution is 0.209. The maximum atomic E-state index is 5.47. The zero-order chi connectivity index (χ0) is 23.5. The monoisotopic (exact) mass is 456 g/mol. The third-order valence-electron chi connectivity index (χ3n) is 6.70. The van der Waals surface area contributed by atoms with Crippen molar-refractivity contribution in [2.24, 2.45) is 0 Å². The fraction of sp³-hybridized carbons (Fsp3) is 0.333. The van der Waals surface area contributed by atoms with E-state index in [0.29, 0.717) is 12.6 Å². The van der Waals surface area contributed by atoms with Crippen LogP contribution >= 0.6 is 0 Å². The molecule has 1 saturated heterocycles. The molecule has 7 heteroatoms. The van der Waals surface area contributed by atoms with Crippen LogP contribution in [0.1, 0.15) is 19.4 Å². The number of ether oxygens (including phenoxy) is 1. The van der Waals surface area contributed by atoms with Gasteiger partial charge in [-0.1, -0.05) is 30.3 Å². The fourth-order valence-electron chi connectivity index (χ4n) is 4.66. The van der Waals surface area contributed by atoms with Crippen LogP contribution in [-0.2, 0) is 6.54 Å². The van der Waals surface area contributed by atoms with Gasteiger partial charge in [-0.2, -0.15) is 0 Å². The van der Waals surface area contributed by atoms with Crippen molar-refractivity contribution in [2.75, 3.05) is 43.5 Å². The maximum absolute atomic E-state index is 5.47. The first kappa shape index (κ1) is 22.2. The molecule has 3 heterocycles. The highest BCUT2D eigenvalue weighted by Gasteiger charge is 2.19. The number of benzene rings is 2. The minimum Gasteiger partial charge on any atom is -0.496 e. The summed E-state index contributed by atoms with van der Waals surface area (Å²) in [6, 6.07) is 21.7. The predicted molar refractivity (Wildman–Crippen MR) is 138 cm³/mol. The molecule has 0 amide bonds. The molecule has 1 aliphatic heterocycles. The summed E-state index contributed by atoms with van der Waals surface area (Å²) in [5.74, 6) is 1.81. The van der Waals surface area contributed by atoms with Gasteiger partial charge in [-0.3, -0.25) is 9.30 Å². The Hall–Kier alpha value is -3.58. The highest BCUT2D eigenvalue weighted by Crippen LogP contribution is 2.29. The topological polar surface area (TPSA) is 57.9 Å². The van der Waals surface area contributed by atoms with Crippen molar-refractivity contribution in [2.45, 2.75) is 26.4 Å². The SMILES string of the molecule is COc1ccccc1CNc1ccc(-c2ccc(N3CCN(C(C)C)CC3)cc2)c2nncn12. The highest BCUT2D eigenvalue weighted by molar-refractivity contribution is 5.80. The minimum absolute atomic E-state index is 0.613. The first-order valence-electron chi connectivity index (χ1n) is 11.9. The van der Waals surface area contributed by atoms with E-state index in [9.17, 15) is 0 Å². The van der Waals surface area contributed by atoms with Gasteiger partial charge in [0.1, 0.15) is 17.9 Å². The third-order valence-corrected chi connectivity index (χ3v) is 6.70. The number of piperazine rings is 1. The van der Waals surface area contributed by atoms with Crippen LogP contribution in [0.15, 0.2) is 67.0 Å². The van der Waals surface area contributed by atoms with Crippen molar-refractivity contribution in [3.05, 3.63) is 72.6 Å². The molecule has 176 valence electrons. The Labute approximate surface area is 201 Å². The molecule has 1 aliphatic rings. The average Bonchev–Trinajstić information content (AvgIpc) is 3.38. The van der Waals surface area contributed by atoms with Gasteiger partial charge >= 0.3 is 0 Å². The molecule has 0 bridgehead atoms.